The molecule has 2 fully saturated rings. The Morgan fingerprint density at radius 2 is 2.22 bits per heavy atom. The molecule has 3 rings (SSSR count). The second-order valence-corrected chi connectivity index (χ2v) is 6.53. The van der Waals surface area contributed by atoms with Gasteiger partial charge in [0.1, 0.15) is 5.75 Å². The average molecular weight is 339 g/mol. The summed E-state index contributed by atoms with van der Waals surface area (Å²) in [5, 5.41) is 0.457. The predicted octanol–water partition coefficient (Wildman–Crippen LogP) is 2.14. The summed E-state index contributed by atoms with van der Waals surface area (Å²) in [7, 11) is 1.58. The fraction of sp³-hybridized carbons (Fsp3) is 0.588. The van der Waals surface area contributed by atoms with Crippen molar-refractivity contribution >= 4 is 17.5 Å². The van der Waals surface area contributed by atoms with Crippen LogP contribution in [0, 0.1) is 5.92 Å². The molecule has 126 valence electrons. The molecule has 23 heavy (non-hydrogen) atoms. The molecule has 0 radical (unpaired) electrons. The summed E-state index contributed by atoms with van der Waals surface area (Å²) < 4.78 is 11.2. The standard InChI is InChI=1S/C17H23ClN2O3/c1-3-19-6-7-23-16-11-20(10-12(16)9-19)17(21)14-8-13(22-2)4-5-15(14)18/h4-5,8,12,16H,3,6-7,9-11H2,1-2H3/t12-,16+/m1/s1. The summed E-state index contributed by atoms with van der Waals surface area (Å²) in [4.78, 5) is 17.1. The zero-order valence-electron chi connectivity index (χ0n) is 13.6. The Balaban J connectivity index is 1.75. The van der Waals surface area contributed by atoms with Crippen LogP contribution in [-0.2, 0) is 4.74 Å². The molecule has 2 atom stereocenters. The lowest BCUT2D eigenvalue weighted by Gasteiger charge is -2.22. The number of carbonyl (C=O) groups excluding carboxylic acids is 1. The predicted molar refractivity (Wildman–Crippen MR) is 89.3 cm³/mol. The number of nitrogens with zero attached hydrogens (tertiary/aromatic N) is 2. The van der Waals surface area contributed by atoms with E-state index in [1.807, 2.05) is 4.90 Å². The maximum Gasteiger partial charge on any atom is 0.255 e. The summed E-state index contributed by atoms with van der Waals surface area (Å²) in [6.07, 6.45) is 0.125. The first-order valence-corrected chi connectivity index (χ1v) is 8.47. The van der Waals surface area contributed by atoms with Crippen molar-refractivity contribution in [3.05, 3.63) is 28.8 Å². The highest BCUT2D eigenvalue weighted by molar-refractivity contribution is 6.33. The highest BCUT2D eigenvalue weighted by Gasteiger charge is 2.38. The van der Waals surface area contributed by atoms with Crippen LogP contribution >= 0.6 is 11.6 Å². The number of carbonyl (C=O) groups is 1. The highest BCUT2D eigenvalue weighted by atomic mass is 35.5. The fourth-order valence-electron chi connectivity index (χ4n) is 3.38. The van der Waals surface area contributed by atoms with Gasteiger partial charge in [-0.3, -0.25) is 4.79 Å². The third kappa shape index (κ3) is 3.47. The Labute approximate surface area is 142 Å². The van der Waals surface area contributed by atoms with Crippen LogP contribution in [0.15, 0.2) is 18.2 Å². The van der Waals surface area contributed by atoms with Crippen molar-refractivity contribution in [1.29, 1.82) is 0 Å². The van der Waals surface area contributed by atoms with Gasteiger partial charge in [-0.1, -0.05) is 18.5 Å². The number of benzene rings is 1. The average Bonchev–Trinajstić information content (AvgIpc) is 2.86. The molecule has 6 heteroatoms. The molecule has 2 heterocycles. The van der Waals surface area contributed by atoms with Gasteiger partial charge in [0.05, 0.1) is 30.4 Å². The third-order valence-electron chi connectivity index (χ3n) is 4.75. The van der Waals surface area contributed by atoms with Crippen LogP contribution in [0.4, 0.5) is 0 Å². The maximum absolute atomic E-state index is 12.8. The van der Waals surface area contributed by atoms with Crippen molar-refractivity contribution in [2.45, 2.75) is 13.0 Å². The van der Waals surface area contributed by atoms with Gasteiger partial charge in [-0.15, -0.1) is 0 Å². The van der Waals surface area contributed by atoms with Gasteiger partial charge in [0.2, 0.25) is 0 Å². The van der Waals surface area contributed by atoms with Crippen LogP contribution in [0.2, 0.25) is 5.02 Å². The van der Waals surface area contributed by atoms with Crippen LogP contribution in [0.25, 0.3) is 0 Å². The van der Waals surface area contributed by atoms with E-state index in [4.69, 9.17) is 21.1 Å². The molecule has 0 N–H and O–H groups in total. The van der Waals surface area contributed by atoms with Gasteiger partial charge in [-0.2, -0.15) is 0 Å². The summed E-state index contributed by atoms with van der Waals surface area (Å²) in [5.41, 5.74) is 0.495. The number of halogens is 1. The Morgan fingerprint density at radius 3 is 2.96 bits per heavy atom. The minimum Gasteiger partial charge on any atom is -0.497 e. The zero-order valence-corrected chi connectivity index (χ0v) is 14.4. The SMILES string of the molecule is CCN1CCO[C@H]2CN(C(=O)c3cc(OC)ccc3Cl)C[C@H]2C1. The molecule has 0 spiro atoms. The fourth-order valence-corrected chi connectivity index (χ4v) is 3.58. The minimum absolute atomic E-state index is 0.0476. The lowest BCUT2D eigenvalue weighted by atomic mass is 10.1. The first-order valence-electron chi connectivity index (χ1n) is 8.09. The molecule has 0 bridgehead atoms. The van der Waals surface area contributed by atoms with Gasteiger partial charge in [-0.25, -0.2) is 0 Å². The van der Waals surface area contributed by atoms with Crippen LogP contribution in [0.3, 0.4) is 0 Å². The summed E-state index contributed by atoms with van der Waals surface area (Å²) in [5.74, 6) is 0.957. The smallest absolute Gasteiger partial charge is 0.255 e. The zero-order chi connectivity index (χ0) is 16.4. The summed E-state index contributed by atoms with van der Waals surface area (Å²) >= 11 is 6.21. The van der Waals surface area contributed by atoms with Crippen molar-refractivity contribution in [3.8, 4) is 5.75 Å². The van der Waals surface area contributed by atoms with Crippen LogP contribution in [0.5, 0.6) is 5.75 Å². The van der Waals surface area contributed by atoms with E-state index in [1.165, 1.54) is 0 Å². The van der Waals surface area contributed by atoms with Crippen molar-refractivity contribution in [1.82, 2.24) is 9.80 Å². The van der Waals surface area contributed by atoms with E-state index in [9.17, 15) is 4.79 Å². The molecule has 2 aliphatic heterocycles. The van der Waals surface area contributed by atoms with Gasteiger partial charge in [0.15, 0.2) is 0 Å². The van der Waals surface area contributed by atoms with E-state index in [0.29, 0.717) is 35.3 Å². The Bertz CT molecular complexity index is 581. The second kappa shape index (κ2) is 7.07. The molecular formula is C17H23ClN2O3. The molecule has 1 aromatic rings. The lowest BCUT2D eigenvalue weighted by Crippen LogP contribution is -2.34. The van der Waals surface area contributed by atoms with Gasteiger partial charge in [0, 0.05) is 32.1 Å². The first kappa shape index (κ1) is 16.6. The molecule has 1 amide bonds. The number of amides is 1. The first-order chi connectivity index (χ1) is 11.1. The molecule has 0 aromatic heterocycles. The van der Waals surface area contributed by atoms with E-state index in [-0.39, 0.29) is 12.0 Å². The molecule has 0 saturated carbocycles. The van der Waals surface area contributed by atoms with E-state index in [2.05, 4.69) is 11.8 Å². The Hall–Kier alpha value is -1.30. The lowest BCUT2D eigenvalue weighted by molar-refractivity contribution is 0.0485. The van der Waals surface area contributed by atoms with E-state index < -0.39 is 0 Å². The maximum atomic E-state index is 12.8. The number of methoxy groups -OCH3 is 1. The van der Waals surface area contributed by atoms with Gasteiger partial charge in [0.25, 0.3) is 5.91 Å². The van der Waals surface area contributed by atoms with Gasteiger partial charge in [-0.05, 0) is 24.7 Å². The number of fused-ring (bicyclic) bond motifs is 1. The van der Waals surface area contributed by atoms with Crippen molar-refractivity contribution in [2.24, 2.45) is 5.92 Å². The summed E-state index contributed by atoms with van der Waals surface area (Å²) in [6.45, 7) is 7.21. The van der Waals surface area contributed by atoms with Crippen LogP contribution in [0.1, 0.15) is 17.3 Å². The molecule has 2 aliphatic rings. The number of rotatable bonds is 3. The quantitative estimate of drug-likeness (QED) is 0.847. The van der Waals surface area contributed by atoms with E-state index in [0.717, 1.165) is 26.2 Å². The normalized spacial score (nSPS) is 25.1. The van der Waals surface area contributed by atoms with E-state index in [1.54, 1.807) is 25.3 Å². The van der Waals surface area contributed by atoms with Crippen molar-refractivity contribution < 1.29 is 14.3 Å². The number of likely N-dealkylation sites (tertiary alicyclic amines) is 1. The van der Waals surface area contributed by atoms with Gasteiger partial charge >= 0.3 is 0 Å². The molecule has 2 saturated heterocycles. The van der Waals surface area contributed by atoms with Crippen LogP contribution < -0.4 is 4.74 Å². The highest BCUT2D eigenvalue weighted by Crippen LogP contribution is 2.28. The van der Waals surface area contributed by atoms with Gasteiger partial charge < -0.3 is 19.3 Å². The minimum atomic E-state index is -0.0476. The monoisotopic (exact) mass is 338 g/mol. The van der Waals surface area contributed by atoms with Crippen LogP contribution in [-0.4, -0.2) is 68.3 Å². The van der Waals surface area contributed by atoms with E-state index >= 15 is 0 Å². The number of hydrogen-bond acceptors (Lipinski definition) is 4. The number of hydrogen-bond donors (Lipinski definition) is 0. The third-order valence-corrected chi connectivity index (χ3v) is 5.08. The van der Waals surface area contributed by atoms with Crippen molar-refractivity contribution in [2.75, 3.05) is 46.4 Å². The topological polar surface area (TPSA) is 42.0 Å². The number of ether oxygens (including phenoxy) is 2. The number of likely N-dealkylation sites (N-methyl/N-ethyl adjacent to an activating group) is 1. The molecule has 0 aliphatic carbocycles. The Kier molecular flexibility index (Phi) is 5.09. The Morgan fingerprint density at radius 1 is 1.39 bits per heavy atom. The van der Waals surface area contributed by atoms with Crippen molar-refractivity contribution in [3.63, 3.8) is 0 Å². The summed E-state index contributed by atoms with van der Waals surface area (Å²) in [6, 6.07) is 5.17. The molecule has 5 nitrogen and oxygen atoms in total. The molecular weight excluding hydrogens is 316 g/mol. The molecule has 1 aromatic carbocycles. The molecule has 0 unspecified atom stereocenters. The largest absolute Gasteiger partial charge is 0.497 e. The second-order valence-electron chi connectivity index (χ2n) is 6.12.